The molecule has 0 N–H and O–H groups in total. The molecule has 335 valence electrons. The van der Waals surface area contributed by atoms with Crippen molar-refractivity contribution in [1.29, 1.82) is 0 Å². The normalized spacial score (nSPS) is 13.5. The second-order valence-corrected chi connectivity index (χ2v) is 29.4. The summed E-state index contributed by atoms with van der Waals surface area (Å²) in [7, 11) is 0. The molecule has 0 spiro atoms. The molecular formula is C61H55GeIrN3O-2. The maximum absolute atomic E-state index is 7.82. The van der Waals surface area contributed by atoms with Crippen LogP contribution in [0.4, 0.5) is 0 Å². The molecule has 0 bridgehead atoms. The van der Waals surface area contributed by atoms with E-state index in [0.29, 0.717) is 16.8 Å². The van der Waals surface area contributed by atoms with Gasteiger partial charge in [-0.25, -0.2) is 0 Å². The molecule has 3 aromatic heterocycles. The first-order valence-corrected chi connectivity index (χ1v) is 30.0. The topological polar surface area (TPSA) is 43.9 Å². The average Bonchev–Trinajstić information content (AvgIpc) is 3.93. The first-order valence-electron chi connectivity index (χ1n) is 25.7. The van der Waals surface area contributed by atoms with Crippen molar-refractivity contribution in [3.8, 4) is 39.5 Å². The Kier molecular flexibility index (Phi) is 10.8. The number of aromatic nitrogens is 3. The van der Waals surface area contributed by atoms with Gasteiger partial charge < -0.3 is 8.98 Å². The number of fused-ring (bicyclic) bond motifs is 7. The maximum atomic E-state index is 7.82. The van der Waals surface area contributed by atoms with Gasteiger partial charge in [0.15, 0.2) is 0 Å². The molecule has 0 aliphatic rings. The van der Waals surface area contributed by atoms with E-state index in [1.165, 1.54) is 61.6 Å². The Bertz CT molecular complexity index is 3800. The van der Waals surface area contributed by atoms with Gasteiger partial charge in [0, 0.05) is 31.2 Å². The standard InChI is InChI=1S/C45H35N2O.C16H20GeN.Ir/c1-27(2)36-24-32(29-13-6-5-7-14-29)25-37(28(3)4)43(36)47-41-20-11-10-19-40(41)46-45(47)35-18-12-17-34-39-23-31-22-21-30-15-8-9-16-33(30)38(31)26-42(39)48-44(34)35;1-12-6-8-14(9-7-12)16-10-13(2)15(11-18-16)17(3,4)5;/h5-17,19-28H,1-4H3;6-8,10-11H,1-5H3;/q2*-1;/i;1D3,2D3;. The summed E-state index contributed by atoms with van der Waals surface area (Å²) in [4.78, 5) is 9.74. The van der Waals surface area contributed by atoms with Crippen molar-refractivity contribution in [2.75, 3.05) is 0 Å². The van der Waals surface area contributed by atoms with Crippen LogP contribution in [0, 0.1) is 25.8 Å². The van der Waals surface area contributed by atoms with Crippen molar-refractivity contribution in [2.24, 2.45) is 0 Å². The summed E-state index contributed by atoms with van der Waals surface area (Å²) in [6.45, 7) is 4.77. The van der Waals surface area contributed by atoms with Crippen LogP contribution >= 0.6 is 0 Å². The summed E-state index contributed by atoms with van der Waals surface area (Å²) in [6.07, 6.45) is 1.67. The fourth-order valence-corrected chi connectivity index (χ4v) is 12.0. The van der Waals surface area contributed by atoms with Gasteiger partial charge in [0.1, 0.15) is 5.58 Å². The van der Waals surface area contributed by atoms with Gasteiger partial charge in [0.2, 0.25) is 0 Å². The van der Waals surface area contributed by atoms with Crippen LogP contribution in [0.5, 0.6) is 0 Å². The molecule has 1 radical (unpaired) electrons. The summed E-state index contributed by atoms with van der Waals surface area (Å²) in [5, 5.41) is 7.02. The molecule has 0 unspecified atom stereocenters. The molecular weight excluding hydrogens is 1060 g/mol. The fourth-order valence-electron chi connectivity index (χ4n) is 9.23. The Morgan fingerprint density at radius 2 is 1.39 bits per heavy atom. The third-order valence-corrected chi connectivity index (χ3v) is 16.9. The smallest absolute Gasteiger partial charge is 0 e. The molecule has 0 fully saturated rings. The van der Waals surface area contributed by atoms with Gasteiger partial charge >= 0.3 is 121 Å². The van der Waals surface area contributed by atoms with Gasteiger partial charge in [-0.2, -0.15) is 0 Å². The van der Waals surface area contributed by atoms with Crippen molar-refractivity contribution in [3.63, 3.8) is 0 Å². The summed E-state index contributed by atoms with van der Waals surface area (Å²) in [6, 6.07) is 58.1. The molecule has 11 aromatic rings. The molecule has 0 atom stereocenters. The molecule has 0 saturated heterocycles. The van der Waals surface area contributed by atoms with Crippen LogP contribution in [0.15, 0.2) is 162 Å². The van der Waals surface area contributed by atoms with Crippen molar-refractivity contribution < 1.29 is 32.7 Å². The van der Waals surface area contributed by atoms with E-state index in [1.54, 1.807) is 18.3 Å². The van der Waals surface area contributed by atoms with Crippen LogP contribution in [0.3, 0.4) is 0 Å². The van der Waals surface area contributed by atoms with Crippen LogP contribution in [0.2, 0.25) is 17.3 Å². The van der Waals surface area contributed by atoms with Crippen LogP contribution in [-0.2, 0) is 20.1 Å². The van der Waals surface area contributed by atoms with E-state index in [2.05, 4.69) is 188 Å². The summed E-state index contributed by atoms with van der Waals surface area (Å²) in [5.41, 5.74) is 12.4. The Morgan fingerprint density at radius 3 is 2.10 bits per heavy atom. The number of benzene rings is 8. The van der Waals surface area contributed by atoms with Gasteiger partial charge in [-0.1, -0.05) is 118 Å². The van der Waals surface area contributed by atoms with Crippen LogP contribution in [0.1, 0.15) is 70.0 Å². The zero-order valence-electron chi connectivity index (χ0n) is 44.7. The largest absolute Gasteiger partial charge is 0 e. The first-order chi connectivity index (χ1) is 34.3. The van der Waals surface area contributed by atoms with Gasteiger partial charge in [0.05, 0.1) is 22.4 Å². The fraction of sp³-hybridized carbons (Fsp3) is 0.180. The third kappa shape index (κ3) is 8.70. The van der Waals surface area contributed by atoms with Crippen LogP contribution < -0.4 is 4.40 Å². The number of hydrogen-bond donors (Lipinski definition) is 0. The Hall–Kier alpha value is -6.11. The zero-order valence-corrected chi connectivity index (χ0v) is 43.2. The van der Waals surface area contributed by atoms with Gasteiger partial charge in [-0.05, 0) is 92.0 Å². The molecule has 0 saturated carbocycles. The number of furan rings is 1. The van der Waals surface area contributed by atoms with Crippen molar-refractivity contribution >= 4 is 72.2 Å². The minimum atomic E-state index is -2.38. The summed E-state index contributed by atoms with van der Waals surface area (Å²) >= 11 is -2.38. The zero-order chi connectivity index (χ0) is 50.9. The molecule has 6 heteroatoms. The van der Waals surface area contributed by atoms with Gasteiger partial charge in [0.25, 0.3) is 0 Å². The third-order valence-electron chi connectivity index (χ3n) is 12.6. The predicted octanol–water partition coefficient (Wildman–Crippen LogP) is 16.3. The SMILES string of the molecule is CC(C)c1cc(-c2ccccc2)cc(C(C)C)c1-n1c(-c2[c-]ccc3c2oc2cc4c(ccc5ccccc54)cc23)nc2ccccc21.[2H]C([2H])([2H])c1c[c-]c(-c2cc(C([2H])([2H])[2H])[c]([Ge]([CH3])([CH3])[CH3])cn2)cc1.[Ir]. The average molecular weight is 1120 g/mol. The van der Waals surface area contributed by atoms with E-state index < -0.39 is 27.0 Å². The van der Waals surface area contributed by atoms with E-state index in [1.807, 2.05) is 6.07 Å². The van der Waals surface area contributed by atoms with Crippen molar-refractivity contribution in [2.45, 2.75) is 70.5 Å². The molecule has 0 amide bonds. The van der Waals surface area contributed by atoms with E-state index in [9.17, 15) is 0 Å². The quantitative estimate of drug-likeness (QED) is 0.0907. The van der Waals surface area contributed by atoms with E-state index in [4.69, 9.17) is 17.6 Å². The molecule has 8 aromatic carbocycles. The van der Waals surface area contributed by atoms with E-state index in [0.717, 1.165) is 48.8 Å². The maximum Gasteiger partial charge on any atom is 0 e. The van der Waals surface area contributed by atoms with E-state index >= 15 is 0 Å². The number of rotatable bonds is 7. The Labute approximate surface area is 419 Å². The molecule has 0 aliphatic heterocycles. The number of hydrogen-bond acceptors (Lipinski definition) is 3. The molecule has 11 rings (SSSR count). The van der Waals surface area contributed by atoms with E-state index in [-0.39, 0.29) is 37.5 Å². The predicted molar refractivity (Wildman–Crippen MR) is 282 cm³/mol. The molecule has 3 heterocycles. The van der Waals surface area contributed by atoms with Gasteiger partial charge in [-0.3, -0.25) is 4.98 Å². The summed E-state index contributed by atoms with van der Waals surface area (Å²) in [5.74, 6) is 7.79. The number of aryl methyl sites for hydroxylation is 2. The molecule has 67 heavy (non-hydrogen) atoms. The van der Waals surface area contributed by atoms with Crippen molar-refractivity contribution in [1.82, 2.24) is 14.5 Å². The van der Waals surface area contributed by atoms with Crippen LogP contribution in [-0.4, -0.2) is 27.8 Å². The van der Waals surface area contributed by atoms with Crippen LogP contribution in [0.25, 0.3) is 94.0 Å². The first kappa shape index (κ1) is 38.9. The summed E-state index contributed by atoms with van der Waals surface area (Å²) < 4.78 is 55.7. The number of nitrogens with zero attached hydrogens (tertiary/aromatic N) is 3. The number of imidazole rings is 1. The second kappa shape index (κ2) is 18.5. The second-order valence-electron chi connectivity index (χ2n) is 18.8. The molecule has 4 nitrogen and oxygen atoms in total. The Balaban J connectivity index is 0.000000223. The number of pyridine rings is 1. The van der Waals surface area contributed by atoms with Crippen molar-refractivity contribution in [3.05, 3.63) is 192 Å². The van der Waals surface area contributed by atoms with Gasteiger partial charge in [-0.15, -0.1) is 18.2 Å². The monoisotopic (exact) mass is 1120 g/mol. The minimum absolute atomic E-state index is 0. The number of para-hydroxylation sites is 2. The Morgan fingerprint density at radius 1 is 0.657 bits per heavy atom. The minimum Gasteiger partial charge on any atom is 0 e. The molecule has 0 aliphatic carbocycles.